The summed E-state index contributed by atoms with van der Waals surface area (Å²) in [7, 11) is 0. The van der Waals surface area contributed by atoms with Crippen molar-refractivity contribution in [1.82, 2.24) is 4.90 Å². The number of amides is 2. The molecule has 1 aromatic rings. The zero-order valence-corrected chi connectivity index (χ0v) is 14.8. The molecular weight excluding hydrogens is 302 g/mol. The van der Waals surface area contributed by atoms with Crippen molar-refractivity contribution in [1.29, 1.82) is 0 Å². The monoisotopic (exact) mass is 331 g/mol. The van der Waals surface area contributed by atoms with Crippen LogP contribution in [0.1, 0.15) is 46.0 Å². The van der Waals surface area contributed by atoms with E-state index in [9.17, 15) is 9.59 Å². The Hall–Kier alpha value is -1.88. The Morgan fingerprint density at radius 1 is 1.04 bits per heavy atom. The van der Waals surface area contributed by atoms with Crippen molar-refractivity contribution in [2.75, 3.05) is 30.3 Å². The number of rotatable bonds is 7. The number of carbonyl (C=O) groups excluding carboxylic acids is 2. The molecule has 0 radical (unpaired) electrons. The first-order chi connectivity index (χ1) is 11.6. The Bertz CT molecular complexity index is 536. The first-order valence-corrected chi connectivity index (χ1v) is 8.96. The highest BCUT2D eigenvalue weighted by atomic mass is 16.2. The molecule has 132 valence electrons. The van der Waals surface area contributed by atoms with Crippen molar-refractivity contribution in [3.8, 4) is 0 Å². The van der Waals surface area contributed by atoms with Gasteiger partial charge in [-0.05, 0) is 49.6 Å². The van der Waals surface area contributed by atoms with Crippen LogP contribution < -0.4 is 10.6 Å². The Morgan fingerprint density at radius 3 is 2.17 bits per heavy atom. The Morgan fingerprint density at radius 2 is 1.62 bits per heavy atom. The minimum absolute atomic E-state index is 0.0138. The summed E-state index contributed by atoms with van der Waals surface area (Å²) in [6.45, 7) is 5.93. The molecule has 5 heteroatoms. The lowest BCUT2D eigenvalue weighted by molar-refractivity contribution is -0.117. The molecule has 0 aliphatic heterocycles. The summed E-state index contributed by atoms with van der Waals surface area (Å²) < 4.78 is 0. The van der Waals surface area contributed by atoms with Gasteiger partial charge in [0.2, 0.25) is 11.8 Å². The maximum atomic E-state index is 12.3. The molecular formula is C19H29N3O2. The zero-order chi connectivity index (χ0) is 17.4. The van der Waals surface area contributed by atoms with E-state index in [2.05, 4.69) is 22.5 Å². The first kappa shape index (κ1) is 18.5. The highest BCUT2D eigenvalue weighted by Crippen LogP contribution is 2.24. The number of nitrogens with zero attached hydrogens (tertiary/aromatic N) is 1. The van der Waals surface area contributed by atoms with Crippen molar-refractivity contribution >= 4 is 23.2 Å². The number of nitrogens with one attached hydrogen (secondary N) is 2. The summed E-state index contributed by atoms with van der Waals surface area (Å²) >= 11 is 0. The third-order valence-electron chi connectivity index (χ3n) is 4.54. The predicted molar refractivity (Wildman–Crippen MR) is 98.1 cm³/mol. The highest BCUT2D eigenvalue weighted by molar-refractivity contribution is 5.93. The van der Waals surface area contributed by atoms with Gasteiger partial charge in [0.1, 0.15) is 0 Å². The van der Waals surface area contributed by atoms with Gasteiger partial charge < -0.3 is 10.6 Å². The highest BCUT2D eigenvalue weighted by Gasteiger charge is 2.18. The van der Waals surface area contributed by atoms with E-state index in [-0.39, 0.29) is 11.8 Å². The molecule has 1 aliphatic rings. The topological polar surface area (TPSA) is 61.4 Å². The SMILES string of the molecule is CCN(CC(=O)Nc1ccc(NC(C)=O)cc1)CC1CCCCC1. The average molecular weight is 331 g/mol. The third-order valence-corrected chi connectivity index (χ3v) is 4.54. The molecule has 0 aromatic heterocycles. The van der Waals surface area contributed by atoms with Crippen LogP contribution >= 0.6 is 0 Å². The largest absolute Gasteiger partial charge is 0.326 e. The van der Waals surface area contributed by atoms with E-state index in [1.54, 1.807) is 24.3 Å². The lowest BCUT2D eigenvalue weighted by Gasteiger charge is -2.28. The van der Waals surface area contributed by atoms with E-state index in [4.69, 9.17) is 0 Å². The Labute approximate surface area is 144 Å². The summed E-state index contributed by atoms with van der Waals surface area (Å²) in [6.07, 6.45) is 6.60. The summed E-state index contributed by atoms with van der Waals surface area (Å²) in [5.74, 6) is 0.650. The van der Waals surface area contributed by atoms with E-state index < -0.39 is 0 Å². The van der Waals surface area contributed by atoms with E-state index in [1.807, 2.05) is 0 Å². The van der Waals surface area contributed by atoms with Crippen LogP contribution in [0, 0.1) is 5.92 Å². The van der Waals surface area contributed by atoms with Gasteiger partial charge in [-0.15, -0.1) is 0 Å². The van der Waals surface area contributed by atoms with Gasteiger partial charge in [-0.2, -0.15) is 0 Å². The van der Waals surface area contributed by atoms with Gasteiger partial charge in [-0.1, -0.05) is 26.2 Å². The van der Waals surface area contributed by atoms with Gasteiger partial charge in [0, 0.05) is 24.8 Å². The van der Waals surface area contributed by atoms with Crippen LogP contribution in [0.5, 0.6) is 0 Å². The molecule has 0 saturated heterocycles. The molecule has 2 amide bonds. The smallest absolute Gasteiger partial charge is 0.238 e. The fourth-order valence-corrected chi connectivity index (χ4v) is 3.28. The Balaban J connectivity index is 1.80. The van der Waals surface area contributed by atoms with Crippen molar-refractivity contribution in [3.63, 3.8) is 0 Å². The fraction of sp³-hybridized carbons (Fsp3) is 0.579. The van der Waals surface area contributed by atoms with Crippen LogP contribution in [0.25, 0.3) is 0 Å². The van der Waals surface area contributed by atoms with E-state index in [1.165, 1.54) is 39.0 Å². The molecule has 0 unspecified atom stereocenters. The lowest BCUT2D eigenvalue weighted by atomic mass is 9.89. The zero-order valence-electron chi connectivity index (χ0n) is 14.8. The maximum absolute atomic E-state index is 12.3. The van der Waals surface area contributed by atoms with Crippen LogP contribution in [0.15, 0.2) is 24.3 Å². The number of hydrogen-bond donors (Lipinski definition) is 2. The summed E-state index contributed by atoms with van der Waals surface area (Å²) in [4.78, 5) is 25.5. The summed E-state index contributed by atoms with van der Waals surface area (Å²) in [5.41, 5.74) is 1.48. The van der Waals surface area contributed by atoms with Gasteiger partial charge in [-0.3, -0.25) is 14.5 Å². The van der Waals surface area contributed by atoms with Crippen LogP contribution in [0.3, 0.4) is 0 Å². The molecule has 2 rings (SSSR count). The lowest BCUT2D eigenvalue weighted by Crippen LogP contribution is -2.37. The van der Waals surface area contributed by atoms with E-state index >= 15 is 0 Å². The summed E-state index contributed by atoms with van der Waals surface area (Å²) in [6, 6.07) is 7.19. The molecule has 1 fully saturated rings. The number of carbonyl (C=O) groups is 2. The van der Waals surface area contributed by atoms with E-state index in [0.29, 0.717) is 6.54 Å². The molecule has 0 heterocycles. The van der Waals surface area contributed by atoms with Gasteiger partial charge in [0.05, 0.1) is 6.54 Å². The molecule has 1 aliphatic carbocycles. The second kappa shape index (κ2) is 9.42. The predicted octanol–water partition coefficient (Wildman–Crippen LogP) is 3.49. The second-order valence-electron chi connectivity index (χ2n) is 6.64. The van der Waals surface area contributed by atoms with Crippen LogP contribution in [-0.2, 0) is 9.59 Å². The Kier molecular flexibility index (Phi) is 7.25. The molecule has 0 bridgehead atoms. The normalized spacial score (nSPS) is 15.3. The molecule has 1 aromatic carbocycles. The first-order valence-electron chi connectivity index (χ1n) is 8.96. The van der Waals surface area contributed by atoms with Crippen molar-refractivity contribution < 1.29 is 9.59 Å². The molecule has 24 heavy (non-hydrogen) atoms. The minimum Gasteiger partial charge on any atom is -0.326 e. The van der Waals surface area contributed by atoms with Gasteiger partial charge in [-0.25, -0.2) is 0 Å². The van der Waals surface area contributed by atoms with Crippen LogP contribution in [0.4, 0.5) is 11.4 Å². The van der Waals surface area contributed by atoms with Crippen molar-refractivity contribution in [2.24, 2.45) is 5.92 Å². The van der Waals surface area contributed by atoms with Gasteiger partial charge in [0.15, 0.2) is 0 Å². The molecule has 0 spiro atoms. The summed E-state index contributed by atoms with van der Waals surface area (Å²) in [5, 5.41) is 5.64. The quantitative estimate of drug-likeness (QED) is 0.804. The molecule has 1 saturated carbocycles. The van der Waals surface area contributed by atoms with Gasteiger partial charge >= 0.3 is 0 Å². The maximum Gasteiger partial charge on any atom is 0.238 e. The minimum atomic E-state index is -0.104. The molecule has 0 atom stereocenters. The number of anilines is 2. The van der Waals surface area contributed by atoms with Crippen molar-refractivity contribution in [3.05, 3.63) is 24.3 Å². The molecule has 5 nitrogen and oxygen atoms in total. The molecule has 2 N–H and O–H groups in total. The number of hydrogen-bond acceptors (Lipinski definition) is 3. The third kappa shape index (κ3) is 6.32. The standard InChI is InChI=1S/C19H29N3O2/c1-3-22(13-16-7-5-4-6-8-16)14-19(24)21-18-11-9-17(10-12-18)20-15(2)23/h9-12,16H,3-8,13-14H2,1-2H3,(H,20,23)(H,21,24). The van der Waals surface area contributed by atoms with Crippen molar-refractivity contribution in [2.45, 2.75) is 46.0 Å². The van der Waals surface area contributed by atoms with E-state index in [0.717, 1.165) is 30.4 Å². The average Bonchev–Trinajstić information content (AvgIpc) is 2.56. The number of likely N-dealkylation sites (N-methyl/N-ethyl adjacent to an activating group) is 1. The van der Waals surface area contributed by atoms with Crippen LogP contribution in [0.2, 0.25) is 0 Å². The van der Waals surface area contributed by atoms with Gasteiger partial charge in [0.25, 0.3) is 0 Å². The number of benzene rings is 1. The second-order valence-corrected chi connectivity index (χ2v) is 6.64. The van der Waals surface area contributed by atoms with Crippen LogP contribution in [-0.4, -0.2) is 36.3 Å². The fourth-order valence-electron chi connectivity index (χ4n) is 3.28.